The molecule has 8 heteroatoms. The molecule has 0 bridgehead atoms. The van der Waals surface area contributed by atoms with Gasteiger partial charge in [-0.2, -0.15) is 5.10 Å². The quantitative estimate of drug-likeness (QED) is 0.778. The molecule has 1 aliphatic carbocycles. The van der Waals surface area contributed by atoms with Gasteiger partial charge in [0.1, 0.15) is 23.5 Å². The first kappa shape index (κ1) is 16.0. The van der Waals surface area contributed by atoms with E-state index in [4.69, 9.17) is 0 Å². The molecule has 0 aromatic carbocycles. The third-order valence-electron chi connectivity index (χ3n) is 4.44. The summed E-state index contributed by atoms with van der Waals surface area (Å²) in [7, 11) is 3.48. The van der Waals surface area contributed by atoms with E-state index in [1.165, 1.54) is 23.3 Å². The average Bonchev–Trinajstić information content (AvgIpc) is 3.19. The Hall–Kier alpha value is -2.48. The van der Waals surface area contributed by atoms with Crippen LogP contribution < -0.4 is 5.32 Å². The molecule has 1 aliphatic rings. The number of hydrogen-bond donors (Lipinski definition) is 1. The molecular weight excluding hydrogens is 336 g/mol. The van der Waals surface area contributed by atoms with Gasteiger partial charge in [-0.15, -0.1) is 11.3 Å². The largest absolute Gasteiger partial charge is 0.347 e. The van der Waals surface area contributed by atoms with E-state index in [9.17, 15) is 4.79 Å². The van der Waals surface area contributed by atoms with Crippen LogP contribution in [0.3, 0.4) is 0 Å². The Bertz CT molecular complexity index is 929. The van der Waals surface area contributed by atoms with Crippen molar-refractivity contribution in [1.82, 2.24) is 24.6 Å². The van der Waals surface area contributed by atoms with Gasteiger partial charge >= 0.3 is 0 Å². The van der Waals surface area contributed by atoms with E-state index < -0.39 is 0 Å². The minimum atomic E-state index is 0.00554. The fourth-order valence-electron chi connectivity index (χ4n) is 3.12. The molecule has 0 spiro atoms. The molecule has 0 saturated heterocycles. The molecule has 1 amide bonds. The van der Waals surface area contributed by atoms with Crippen molar-refractivity contribution >= 4 is 39.0 Å². The van der Waals surface area contributed by atoms with Crippen molar-refractivity contribution < 1.29 is 4.79 Å². The summed E-state index contributed by atoms with van der Waals surface area (Å²) in [5.74, 6) is 0.828. The third-order valence-corrected chi connectivity index (χ3v) is 5.64. The van der Waals surface area contributed by atoms with Crippen molar-refractivity contribution in [2.75, 3.05) is 19.4 Å². The van der Waals surface area contributed by atoms with Gasteiger partial charge in [0.2, 0.25) is 5.91 Å². The maximum atomic E-state index is 11.8. The summed E-state index contributed by atoms with van der Waals surface area (Å²) in [4.78, 5) is 24.7. The first-order valence-corrected chi connectivity index (χ1v) is 9.18. The molecule has 4 rings (SSSR count). The second-order valence-electron chi connectivity index (χ2n) is 6.45. The number of nitrogens with zero attached hydrogens (tertiary/aromatic N) is 5. The van der Waals surface area contributed by atoms with Crippen LogP contribution in [0.5, 0.6) is 0 Å². The normalized spacial score (nSPS) is 13.7. The number of aromatic nitrogens is 4. The van der Waals surface area contributed by atoms with E-state index in [1.54, 1.807) is 47.5 Å². The van der Waals surface area contributed by atoms with Gasteiger partial charge in [0.25, 0.3) is 0 Å². The van der Waals surface area contributed by atoms with Crippen molar-refractivity contribution in [3.63, 3.8) is 0 Å². The minimum Gasteiger partial charge on any atom is -0.347 e. The maximum absolute atomic E-state index is 11.8. The summed E-state index contributed by atoms with van der Waals surface area (Å²) in [6, 6.07) is 0. The number of carbonyl (C=O) groups excluding carboxylic acids is 1. The number of aryl methyl sites for hydroxylation is 2. The van der Waals surface area contributed by atoms with Crippen LogP contribution in [0.4, 0.5) is 11.5 Å². The van der Waals surface area contributed by atoms with E-state index in [0.29, 0.717) is 0 Å². The van der Waals surface area contributed by atoms with Crippen molar-refractivity contribution in [1.29, 1.82) is 0 Å². The average molecular weight is 356 g/mol. The fraction of sp³-hybridized carbons (Fsp3) is 0.412. The molecule has 130 valence electrons. The Morgan fingerprint density at radius 1 is 1.32 bits per heavy atom. The number of rotatable bonds is 4. The van der Waals surface area contributed by atoms with Crippen LogP contribution in [0.1, 0.15) is 23.3 Å². The van der Waals surface area contributed by atoms with Crippen molar-refractivity contribution in [3.05, 3.63) is 29.2 Å². The Kier molecular flexibility index (Phi) is 4.12. The molecule has 7 nitrogen and oxygen atoms in total. The first-order valence-electron chi connectivity index (χ1n) is 8.36. The summed E-state index contributed by atoms with van der Waals surface area (Å²) in [5.41, 5.74) is 2.21. The number of amides is 1. The Balaban J connectivity index is 1.62. The van der Waals surface area contributed by atoms with Crippen LogP contribution in [-0.2, 0) is 24.2 Å². The highest BCUT2D eigenvalue weighted by Gasteiger charge is 2.20. The molecule has 0 aliphatic heterocycles. The molecule has 1 N–H and O–H groups in total. The van der Waals surface area contributed by atoms with Crippen LogP contribution in [0.2, 0.25) is 0 Å². The summed E-state index contributed by atoms with van der Waals surface area (Å²) >= 11 is 1.78. The molecule has 25 heavy (non-hydrogen) atoms. The minimum absolute atomic E-state index is 0.00554. The standard InChI is InChI=1S/C17H20N6OS/c1-22(2)14(24)9-23-8-11(7-20-23)21-16-15-12-5-3-4-6-13(12)25-17(15)19-10-18-16/h7-8,10H,3-6,9H2,1-2H3,(H,18,19,21). The van der Waals surface area contributed by atoms with Gasteiger partial charge in [-0.25, -0.2) is 9.97 Å². The zero-order valence-electron chi connectivity index (χ0n) is 14.3. The van der Waals surface area contributed by atoms with Gasteiger partial charge in [-0.1, -0.05) is 0 Å². The number of nitrogens with one attached hydrogen (secondary N) is 1. The van der Waals surface area contributed by atoms with Crippen LogP contribution >= 0.6 is 11.3 Å². The van der Waals surface area contributed by atoms with E-state index >= 15 is 0 Å². The monoisotopic (exact) mass is 356 g/mol. The zero-order chi connectivity index (χ0) is 17.4. The maximum Gasteiger partial charge on any atom is 0.243 e. The smallest absolute Gasteiger partial charge is 0.243 e. The second-order valence-corrected chi connectivity index (χ2v) is 7.54. The number of carbonyl (C=O) groups is 1. The number of anilines is 2. The highest BCUT2D eigenvalue weighted by Crippen LogP contribution is 2.38. The number of hydrogen-bond acceptors (Lipinski definition) is 6. The molecule has 3 aromatic heterocycles. The Labute approximate surface area is 149 Å². The predicted molar refractivity (Wildman–Crippen MR) is 98.3 cm³/mol. The van der Waals surface area contributed by atoms with E-state index in [2.05, 4.69) is 20.4 Å². The van der Waals surface area contributed by atoms with Gasteiger partial charge < -0.3 is 10.2 Å². The van der Waals surface area contributed by atoms with Crippen molar-refractivity contribution in [2.24, 2.45) is 0 Å². The summed E-state index contributed by atoms with van der Waals surface area (Å²) in [6.07, 6.45) is 9.85. The molecule has 3 heterocycles. The van der Waals surface area contributed by atoms with E-state index in [-0.39, 0.29) is 12.5 Å². The zero-order valence-corrected chi connectivity index (χ0v) is 15.1. The molecule has 0 atom stereocenters. The molecule has 0 unspecified atom stereocenters. The van der Waals surface area contributed by atoms with Crippen molar-refractivity contribution in [2.45, 2.75) is 32.2 Å². The number of thiophene rings is 1. The van der Waals surface area contributed by atoms with Gasteiger partial charge in [-0.05, 0) is 31.2 Å². The Morgan fingerprint density at radius 2 is 2.16 bits per heavy atom. The highest BCUT2D eigenvalue weighted by molar-refractivity contribution is 7.19. The van der Waals surface area contributed by atoms with E-state index in [1.807, 2.05) is 6.20 Å². The lowest BCUT2D eigenvalue weighted by Gasteiger charge is -2.12. The molecule has 0 radical (unpaired) electrons. The predicted octanol–water partition coefficient (Wildman–Crippen LogP) is 2.60. The second kappa shape index (κ2) is 6.44. The summed E-state index contributed by atoms with van der Waals surface area (Å²) in [6.45, 7) is 0.224. The van der Waals surface area contributed by atoms with Gasteiger partial charge in [-0.3, -0.25) is 9.48 Å². The molecule has 0 fully saturated rings. The van der Waals surface area contributed by atoms with Crippen LogP contribution in [0.15, 0.2) is 18.7 Å². The van der Waals surface area contributed by atoms with Gasteiger partial charge in [0, 0.05) is 25.2 Å². The van der Waals surface area contributed by atoms with Gasteiger partial charge in [0.05, 0.1) is 17.3 Å². The van der Waals surface area contributed by atoms with E-state index in [0.717, 1.165) is 34.6 Å². The molecule has 0 saturated carbocycles. The molecular formula is C17H20N6OS. The summed E-state index contributed by atoms with van der Waals surface area (Å²) in [5, 5.41) is 8.75. The fourth-order valence-corrected chi connectivity index (χ4v) is 4.35. The lowest BCUT2D eigenvalue weighted by Crippen LogP contribution is -2.26. The van der Waals surface area contributed by atoms with Crippen LogP contribution in [0, 0.1) is 0 Å². The number of likely N-dealkylation sites (N-methyl/N-ethyl adjacent to an activating group) is 1. The van der Waals surface area contributed by atoms with Gasteiger partial charge in [0.15, 0.2) is 0 Å². The third kappa shape index (κ3) is 3.09. The Morgan fingerprint density at radius 3 is 3.00 bits per heavy atom. The summed E-state index contributed by atoms with van der Waals surface area (Å²) < 4.78 is 1.63. The molecule has 3 aromatic rings. The van der Waals surface area contributed by atoms with Crippen LogP contribution in [0.25, 0.3) is 10.2 Å². The SMILES string of the molecule is CN(C)C(=O)Cn1cc(Nc2ncnc3sc4c(c23)CCCC4)cn1. The number of fused-ring (bicyclic) bond motifs is 3. The first-order chi connectivity index (χ1) is 12.1. The van der Waals surface area contributed by atoms with Crippen molar-refractivity contribution in [3.8, 4) is 0 Å². The topological polar surface area (TPSA) is 75.9 Å². The van der Waals surface area contributed by atoms with Crippen LogP contribution in [-0.4, -0.2) is 44.7 Å². The lowest BCUT2D eigenvalue weighted by molar-refractivity contribution is -0.129. The lowest BCUT2D eigenvalue weighted by atomic mass is 9.97. The highest BCUT2D eigenvalue weighted by atomic mass is 32.1.